The topological polar surface area (TPSA) is 9.23 Å². The number of benzene rings is 1. The number of hydrogen-bond acceptors (Lipinski definition) is 1. The van der Waals surface area contributed by atoms with Crippen LogP contribution >= 0.6 is 11.6 Å². The maximum atomic E-state index is 12.8. The molecule has 1 nitrogen and oxygen atoms in total. The zero-order valence-corrected chi connectivity index (χ0v) is 8.90. The predicted octanol–water partition coefficient (Wildman–Crippen LogP) is 3.41. The van der Waals surface area contributed by atoms with Gasteiger partial charge in [-0.3, -0.25) is 0 Å². The van der Waals surface area contributed by atoms with Crippen LogP contribution in [-0.4, -0.2) is 12.5 Å². The molecule has 0 aromatic heterocycles. The Morgan fingerprint density at radius 2 is 2.12 bits per heavy atom. The lowest BCUT2D eigenvalue weighted by molar-refractivity contribution is -0.0501. The summed E-state index contributed by atoms with van der Waals surface area (Å²) in [5.41, 5.74) is 0.215. The molecule has 0 N–H and O–H groups in total. The Morgan fingerprint density at radius 3 is 2.75 bits per heavy atom. The van der Waals surface area contributed by atoms with Crippen LogP contribution in [0.3, 0.4) is 0 Å². The van der Waals surface area contributed by atoms with Crippen molar-refractivity contribution < 1.29 is 17.9 Å². The van der Waals surface area contributed by atoms with Gasteiger partial charge < -0.3 is 4.74 Å². The molecule has 0 spiro atoms. The Bertz CT molecular complexity index is 409. The standard InChI is InChI=1S/C11H8ClF3O/c12-6-2-1-3-8-4-5-9(13)7-10(8)16-11(14)15/h4-5,7,11H,2,6H2. The first-order chi connectivity index (χ1) is 7.63. The number of alkyl halides is 3. The predicted molar refractivity (Wildman–Crippen MR) is 55.2 cm³/mol. The van der Waals surface area contributed by atoms with E-state index in [9.17, 15) is 13.2 Å². The van der Waals surface area contributed by atoms with E-state index in [4.69, 9.17) is 11.6 Å². The van der Waals surface area contributed by atoms with Crippen LogP contribution in [0.4, 0.5) is 13.2 Å². The van der Waals surface area contributed by atoms with E-state index in [-0.39, 0.29) is 11.3 Å². The molecule has 5 heteroatoms. The van der Waals surface area contributed by atoms with E-state index in [1.807, 2.05) is 0 Å². The minimum Gasteiger partial charge on any atom is -0.433 e. The van der Waals surface area contributed by atoms with Crippen molar-refractivity contribution in [2.45, 2.75) is 13.0 Å². The van der Waals surface area contributed by atoms with Gasteiger partial charge in [0.2, 0.25) is 0 Å². The minimum absolute atomic E-state index is 0.215. The largest absolute Gasteiger partial charge is 0.433 e. The third-order valence-corrected chi connectivity index (χ3v) is 1.79. The SMILES string of the molecule is Fc1ccc(C#CCCCl)c(OC(F)F)c1. The molecule has 0 heterocycles. The highest BCUT2D eigenvalue weighted by Crippen LogP contribution is 2.21. The Kier molecular flexibility index (Phi) is 5.00. The van der Waals surface area contributed by atoms with Gasteiger partial charge in [0.05, 0.1) is 5.56 Å². The molecule has 0 saturated carbocycles. The van der Waals surface area contributed by atoms with Crippen molar-refractivity contribution in [3.63, 3.8) is 0 Å². The first-order valence-corrected chi connectivity index (χ1v) is 4.96. The lowest BCUT2D eigenvalue weighted by Gasteiger charge is -2.06. The van der Waals surface area contributed by atoms with E-state index in [1.165, 1.54) is 6.07 Å². The number of halogens is 4. The zero-order chi connectivity index (χ0) is 12.0. The molecule has 1 aromatic carbocycles. The fourth-order valence-corrected chi connectivity index (χ4v) is 1.09. The molecule has 16 heavy (non-hydrogen) atoms. The minimum atomic E-state index is -3.00. The van der Waals surface area contributed by atoms with Crippen molar-refractivity contribution in [2.75, 3.05) is 5.88 Å². The summed E-state index contributed by atoms with van der Waals surface area (Å²) in [5, 5.41) is 0. The molecule has 0 aliphatic carbocycles. The van der Waals surface area contributed by atoms with Gasteiger partial charge in [0, 0.05) is 18.4 Å². The van der Waals surface area contributed by atoms with E-state index >= 15 is 0 Å². The van der Waals surface area contributed by atoms with Gasteiger partial charge in [-0.15, -0.1) is 11.6 Å². The molecular weight excluding hydrogens is 241 g/mol. The van der Waals surface area contributed by atoms with Gasteiger partial charge >= 0.3 is 6.61 Å². The van der Waals surface area contributed by atoms with Crippen molar-refractivity contribution in [1.29, 1.82) is 0 Å². The van der Waals surface area contributed by atoms with Gasteiger partial charge in [-0.05, 0) is 12.1 Å². The summed E-state index contributed by atoms with van der Waals surface area (Å²) in [6.45, 7) is -3.00. The zero-order valence-electron chi connectivity index (χ0n) is 8.14. The van der Waals surface area contributed by atoms with Crippen molar-refractivity contribution in [3.8, 4) is 17.6 Å². The molecule has 0 aliphatic heterocycles. The van der Waals surface area contributed by atoms with Crippen LogP contribution in [0.25, 0.3) is 0 Å². The molecule has 0 radical (unpaired) electrons. The highest BCUT2D eigenvalue weighted by molar-refractivity contribution is 6.18. The first-order valence-electron chi connectivity index (χ1n) is 4.42. The van der Waals surface area contributed by atoms with Crippen LogP contribution in [0.15, 0.2) is 18.2 Å². The van der Waals surface area contributed by atoms with Crippen LogP contribution in [0.1, 0.15) is 12.0 Å². The summed E-state index contributed by atoms with van der Waals surface area (Å²) in [7, 11) is 0. The molecule has 1 aromatic rings. The summed E-state index contributed by atoms with van der Waals surface area (Å²) in [6, 6.07) is 3.29. The Labute approximate surface area is 96.2 Å². The second-order valence-electron chi connectivity index (χ2n) is 2.76. The summed E-state index contributed by atoms with van der Waals surface area (Å²) in [5.74, 6) is 4.67. The molecule has 0 amide bonds. The molecule has 0 atom stereocenters. The summed E-state index contributed by atoms with van der Waals surface area (Å²) in [4.78, 5) is 0. The Morgan fingerprint density at radius 1 is 1.38 bits per heavy atom. The fourth-order valence-electron chi connectivity index (χ4n) is 0.998. The second kappa shape index (κ2) is 6.29. The highest BCUT2D eigenvalue weighted by Gasteiger charge is 2.09. The van der Waals surface area contributed by atoms with Crippen LogP contribution in [-0.2, 0) is 0 Å². The Hall–Kier alpha value is -1.34. The normalized spacial score (nSPS) is 9.81. The first kappa shape index (κ1) is 12.7. The van der Waals surface area contributed by atoms with Gasteiger partial charge in [-0.1, -0.05) is 11.8 Å². The van der Waals surface area contributed by atoms with Crippen molar-refractivity contribution >= 4 is 11.6 Å². The number of ether oxygens (including phenoxy) is 1. The van der Waals surface area contributed by atoms with E-state index < -0.39 is 12.4 Å². The Balaban J connectivity index is 2.94. The second-order valence-corrected chi connectivity index (χ2v) is 3.14. The summed E-state index contributed by atoms with van der Waals surface area (Å²) < 4.78 is 41.0. The third kappa shape index (κ3) is 4.03. The van der Waals surface area contributed by atoms with Gasteiger partial charge in [0.25, 0.3) is 0 Å². The molecule has 0 bridgehead atoms. The fraction of sp³-hybridized carbons (Fsp3) is 0.273. The maximum Gasteiger partial charge on any atom is 0.387 e. The van der Waals surface area contributed by atoms with Gasteiger partial charge in [0.15, 0.2) is 0 Å². The van der Waals surface area contributed by atoms with Crippen LogP contribution in [0.2, 0.25) is 0 Å². The molecular formula is C11H8ClF3O. The van der Waals surface area contributed by atoms with Crippen molar-refractivity contribution in [2.24, 2.45) is 0 Å². The van der Waals surface area contributed by atoms with E-state index in [1.54, 1.807) is 0 Å². The van der Waals surface area contributed by atoms with Gasteiger partial charge in [-0.25, -0.2) is 4.39 Å². The average Bonchev–Trinajstić information content (AvgIpc) is 2.20. The molecule has 0 fully saturated rings. The van der Waals surface area contributed by atoms with E-state index in [0.29, 0.717) is 12.3 Å². The van der Waals surface area contributed by atoms with Gasteiger partial charge in [0.1, 0.15) is 11.6 Å². The van der Waals surface area contributed by atoms with E-state index in [0.717, 1.165) is 12.1 Å². The molecule has 0 unspecified atom stereocenters. The quantitative estimate of drug-likeness (QED) is 0.588. The number of rotatable bonds is 3. The van der Waals surface area contributed by atoms with E-state index in [2.05, 4.69) is 16.6 Å². The smallest absolute Gasteiger partial charge is 0.387 e. The molecule has 0 aliphatic rings. The molecule has 1 rings (SSSR count). The maximum absolute atomic E-state index is 12.8. The third-order valence-electron chi connectivity index (χ3n) is 1.60. The number of hydrogen-bond donors (Lipinski definition) is 0. The average molecular weight is 249 g/mol. The molecule has 86 valence electrons. The highest BCUT2D eigenvalue weighted by atomic mass is 35.5. The van der Waals surface area contributed by atoms with Gasteiger partial charge in [-0.2, -0.15) is 8.78 Å². The monoisotopic (exact) mass is 248 g/mol. The summed E-state index contributed by atoms with van der Waals surface area (Å²) >= 11 is 5.40. The van der Waals surface area contributed by atoms with Crippen LogP contribution in [0.5, 0.6) is 5.75 Å². The van der Waals surface area contributed by atoms with Crippen molar-refractivity contribution in [1.82, 2.24) is 0 Å². The summed E-state index contributed by atoms with van der Waals surface area (Å²) in [6.07, 6.45) is 0.424. The van der Waals surface area contributed by atoms with Crippen LogP contribution in [0, 0.1) is 17.7 Å². The van der Waals surface area contributed by atoms with Crippen LogP contribution < -0.4 is 4.74 Å². The lowest BCUT2D eigenvalue weighted by atomic mass is 10.2. The molecule has 0 saturated heterocycles. The lowest BCUT2D eigenvalue weighted by Crippen LogP contribution is -2.03. The van der Waals surface area contributed by atoms with Crippen molar-refractivity contribution in [3.05, 3.63) is 29.6 Å².